The number of hydrogen-bond acceptors (Lipinski definition) is 5. The Hall–Kier alpha value is -1.41. The minimum Gasteiger partial charge on any atom is -0.375 e. The summed E-state index contributed by atoms with van der Waals surface area (Å²) < 4.78 is 13.9. The van der Waals surface area contributed by atoms with E-state index in [1.54, 1.807) is 11.1 Å². The van der Waals surface area contributed by atoms with Crippen LogP contribution in [0.15, 0.2) is 24.4 Å². The third-order valence-corrected chi connectivity index (χ3v) is 4.82. The van der Waals surface area contributed by atoms with Crippen molar-refractivity contribution < 1.29 is 9.18 Å². The van der Waals surface area contributed by atoms with Gasteiger partial charge in [0.2, 0.25) is 0 Å². The molecule has 130 valence electrons. The summed E-state index contributed by atoms with van der Waals surface area (Å²) >= 11 is 7.19. The maximum atomic E-state index is 13.9. The molecule has 2 heterocycles. The number of nitrogens with zero attached hydrogens (tertiary/aromatic N) is 3. The molecule has 1 aromatic carbocycles. The van der Waals surface area contributed by atoms with E-state index in [1.807, 2.05) is 0 Å². The molecule has 1 fully saturated rings. The normalized spacial score (nSPS) is 15.2. The Labute approximate surface area is 154 Å². The van der Waals surface area contributed by atoms with Crippen molar-refractivity contribution in [2.24, 2.45) is 0 Å². The number of benzene rings is 1. The van der Waals surface area contributed by atoms with Crippen molar-refractivity contribution in [3.63, 3.8) is 0 Å². The van der Waals surface area contributed by atoms with Gasteiger partial charge in [-0.05, 0) is 18.2 Å². The summed E-state index contributed by atoms with van der Waals surface area (Å²) in [6.45, 7) is 3.37. The first kappa shape index (κ1) is 18.9. The average Bonchev–Trinajstić information content (AvgIpc) is 2.92. The van der Waals surface area contributed by atoms with Gasteiger partial charge < -0.3 is 10.6 Å². The molecule has 1 amide bonds. The number of carbonyl (C=O) groups is 1. The molecule has 0 atom stereocenters. The predicted octanol–water partition coefficient (Wildman–Crippen LogP) is 2.90. The van der Waals surface area contributed by atoms with Crippen LogP contribution in [0.4, 0.5) is 9.52 Å². The predicted molar refractivity (Wildman–Crippen MR) is 96.4 cm³/mol. The van der Waals surface area contributed by atoms with Crippen molar-refractivity contribution in [3.05, 3.63) is 45.7 Å². The van der Waals surface area contributed by atoms with E-state index in [-0.39, 0.29) is 28.9 Å². The number of carbonyl (C=O) groups excluding carboxylic acids is 1. The highest BCUT2D eigenvalue weighted by Gasteiger charge is 2.24. The number of aromatic nitrogens is 1. The molecule has 0 spiro atoms. The van der Waals surface area contributed by atoms with E-state index in [1.165, 1.54) is 29.5 Å². The summed E-state index contributed by atoms with van der Waals surface area (Å²) in [6.07, 6.45) is 1.78. The molecule has 1 aliphatic rings. The standard InChI is InChI=1S/C15H16ClFN4OS.ClH/c16-10-1-2-12(13(17)7-10)14(22)21-5-3-20(4-6-21)9-11-8-19-15(18)23-11;/h1-2,7-8H,3-6,9H2,(H2,18,19);1H. The maximum absolute atomic E-state index is 13.9. The van der Waals surface area contributed by atoms with Crippen LogP contribution in [0.2, 0.25) is 5.02 Å². The van der Waals surface area contributed by atoms with Gasteiger partial charge in [0.15, 0.2) is 5.13 Å². The van der Waals surface area contributed by atoms with Gasteiger partial charge in [-0.2, -0.15) is 0 Å². The van der Waals surface area contributed by atoms with Crippen LogP contribution in [0.25, 0.3) is 0 Å². The SMILES string of the molecule is Cl.Nc1ncc(CN2CCN(C(=O)c3ccc(Cl)cc3F)CC2)s1. The van der Waals surface area contributed by atoms with Crippen molar-refractivity contribution in [3.8, 4) is 0 Å². The van der Waals surface area contributed by atoms with Gasteiger partial charge in [-0.25, -0.2) is 9.37 Å². The lowest BCUT2D eigenvalue weighted by Gasteiger charge is -2.34. The number of amides is 1. The molecule has 2 N–H and O–H groups in total. The van der Waals surface area contributed by atoms with E-state index >= 15 is 0 Å². The molecule has 3 rings (SSSR count). The topological polar surface area (TPSA) is 62.5 Å². The van der Waals surface area contributed by atoms with Gasteiger partial charge in [0.1, 0.15) is 5.82 Å². The zero-order valence-electron chi connectivity index (χ0n) is 12.7. The zero-order valence-corrected chi connectivity index (χ0v) is 15.1. The summed E-state index contributed by atoms with van der Waals surface area (Å²) in [5.74, 6) is -0.870. The van der Waals surface area contributed by atoms with Gasteiger partial charge in [-0.1, -0.05) is 11.6 Å². The summed E-state index contributed by atoms with van der Waals surface area (Å²) in [4.78, 5) is 21.4. The van der Waals surface area contributed by atoms with Gasteiger partial charge in [0, 0.05) is 48.8 Å². The van der Waals surface area contributed by atoms with Crippen molar-refractivity contribution in [2.45, 2.75) is 6.54 Å². The Morgan fingerprint density at radius 3 is 2.62 bits per heavy atom. The Balaban J connectivity index is 0.00000208. The molecule has 0 aliphatic carbocycles. The maximum Gasteiger partial charge on any atom is 0.256 e. The Morgan fingerprint density at radius 1 is 1.33 bits per heavy atom. The first-order chi connectivity index (χ1) is 11.0. The van der Waals surface area contributed by atoms with Crippen LogP contribution in [-0.4, -0.2) is 46.9 Å². The lowest BCUT2D eigenvalue weighted by Crippen LogP contribution is -2.48. The summed E-state index contributed by atoms with van der Waals surface area (Å²) in [7, 11) is 0. The van der Waals surface area contributed by atoms with Gasteiger partial charge >= 0.3 is 0 Å². The highest BCUT2D eigenvalue weighted by molar-refractivity contribution is 7.15. The first-order valence-electron chi connectivity index (χ1n) is 7.20. The molecule has 2 aromatic rings. The van der Waals surface area contributed by atoms with Crippen molar-refractivity contribution in [2.75, 3.05) is 31.9 Å². The van der Waals surface area contributed by atoms with Crippen molar-refractivity contribution >= 4 is 46.4 Å². The molecule has 0 saturated carbocycles. The molecule has 1 aromatic heterocycles. The smallest absolute Gasteiger partial charge is 0.256 e. The van der Waals surface area contributed by atoms with Gasteiger partial charge in [-0.15, -0.1) is 23.7 Å². The zero-order chi connectivity index (χ0) is 16.4. The quantitative estimate of drug-likeness (QED) is 0.874. The number of nitrogen functional groups attached to an aromatic ring is 1. The number of thiazole rings is 1. The second-order valence-corrected chi connectivity index (χ2v) is 6.94. The number of hydrogen-bond donors (Lipinski definition) is 1. The summed E-state index contributed by atoms with van der Waals surface area (Å²) in [6, 6.07) is 4.13. The molecule has 1 aliphatic heterocycles. The first-order valence-corrected chi connectivity index (χ1v) is 8.39. The van der Waals surface area contributed by atoms with Crippen molar-refractivity contribution in [1.29, 1.82) is 0 Å². The molecule has 1 saturated heterocycles. The molecule has 5 nitrogen and oxygen atoms in total. The lowest BCUT2D eigenvalue weighted by molar-refractivity contribution is 0.0625. The fraction of sp³-hybridized carbons (Fsp3) is 0.333. The van der Waals surface area contributed by atoms with Crippen molar-refractivity contribution in [1.82, 2.24) is 14.8 Å². The Kier molecular flexibility index (Phi) is 6.40. The third kappa shape index (κ3) is 4.36. The molecule has 0 bridgehead atoms. The van der Waals surface area contributed by atoms with Crippen LogP contribution in [-0.2, 0) is 6.54 Å². The second-order valence-electron chi connectivity index (χ2n) is 5.36. The number of halogens is 3. The molecular formula is C15H17Cl2FN4OS. The van der Waals surface area contributed by atoms with Crippen LogP contribution >= 0.6 is 35.3 Å². The molecule has 24 heavy (non-hydrogen) atoms. The number of nitrogens with two attached hydrogens (primary N) is 1. The fourth-order valence-corrected chi connectivity index (χ4v) is 3.44. The van der Waals surface area contributed by atoms with Crippen LogP contribution in [0, 0.1) is 5.82 Å². The Morgan fingerprint density at radius 2 is 2.04 bits per heavy atom. The molecule has 0 unspecified atom stereocenters. The summed E-state index contributed by atoms with van der Waals surface area (Å²) in [5, 5.41) is 0.847. The number of anilines is 1. The minimum atomic E-state index is -0.579. The van der Waals surface area contributed by atoms with E-state index in [0.717, 1.165) is 24.5 Å². The second kappa shape index (κ2) is 8.11. The molecule has 0 radical (unpaired) electrons. The van der Waals surface area contributed by atoms with Crippen LogP contribution in [0.1, 0.15) is 15.2 Å². The van der Waals surface area contributed by atoms with E-state index in [2.05, 4.69) is 9.88 Å². The molecule has 9 heteroatoms. The Bertz CT molecular complexity index is 719. The van der Waals surface area contributed by atoms with Crippen LogP contribution in [0.3, 0.4) is 0 Å². The highest BCUT2D eigenvalue weighted by atomic mass is 35.5. The number of piperazine rings is 1. The monoisotopic (exact) mass is 390 g/mol. The molecular weight excluding hydrogens is 374 g/mol. The lowest BCUT2D eigenvalue weighted by atomic mass is 10.1. The number of rotatable bonds is 3. The van der Waals surface area contributed by atoms with Gasteiger partial charge in [0.25, 0.3) is 5.91 Å². The van der Waals surface area contributed by atoms with Crippen LogP contribution in [0.5, 0.6) is 0 Å². The van der Waals surface area contributed by atoms with E-state index in [0.29, 0.717) is 18.2 Å². The minimum absolute atomic E-state index is 0. The van der Waals surface area contributed by atoms with Gasteiger partial charge in [0.05, 0.1) is 5.56 Å². The van der Waals surface area contributed by atoms with Crippen LogP contribution < -0.4 is 5.73 Å². The average molecular weight is 391 g/mol. The van der Waals surface area contributed by atoms with E-state index in [9.17, 15) is 9.18 Å². The van der Waals surface area contributed by atoms with E-state index in [4.69, 9.17) is 17.3 Å². The van der Waals surface area contributed by atoms with E-state index < -0.39 is 5.82 Å². The third-order valence-electron chi connectivity index (χ3n) is 3.77. The summed E-state index contributed by atoms with van der Waals surface area (Å²) in [5.41, 5.74) is 5.69. The van der Waals surface area contributed by atoms with Gasteiger partial charge in [-0.3, -0.25) is 9.69 Å². The fourth-order valence-electron chi connectivity index (χ4n) is 2.56. The highest BCUT2D eigenvalue weighted by Crippen LogP contribution is 2.19. The largest absolute Gasteiger partial charge is 0.375 e.